The molecule has 8 nitrogen and oxygen atoms in total. The summed E-state index contributed by atoms with van der Waals surface area (Å²) in [6.07, 6.45) is 1.57. The fourth-order valence-electron chi connectivity index (χ4n) is 2.79. The third-order valence-electron chi connectivity index (χ3n) is 4.06. The van der Waals surface area contributed by atoms with E-state index in [0.29, 0.717) is 37.6 Å². The Morgan fingerprint density at radius 1 is 1.08 bits per heavy atom. The average molecular weight is 327 g/mol. The van der Waals surface area contributed by atoms with Crippen LogP contribution in [0.25, 0.3) is 0 Å². The normalized spacial score (nSPS) is 14.5. The quantitative estimate of drug-likeness (QED) is 0.672. The molecule has 0 saturated carbocycles. The molecule has 1 amide bonds. The highest BCUT2D eigenvalue weighted by molar-refractivity contribution is 5.93. The van der Waals surface area contributed by atoms with Crippen molar-refractivity contribution in [3.63, 3.8) is 0 Å². The van der Waals surface area contributed by atoms with Crippen LogP contribution in [0.3, 0.4) is 0 Å². The molecule has 1 aromatic carbocycles. The predicted molar refractivity (Wildman–Crippen MR) is 90.3 cm³/mol. The average Bonchev–Trinajstić information content (AvgIpc) is 2.62. The van der Waals surface area contributed by atoms with Crippen molar-refractivity contribution in [1.82, 2.24) is 4.98 Å². The number of hydrogen-bond donors (Lipinski definition) is 1. The molecule has 2 heterocycles. The van der Waals surface area contributed by atoms with Gasteiger partial charge in [0.25, 0.3) is 0 Å². The van der Waals surface area contributed by atoms with Gasteiger partial charge in [-0.25, -0.2) is 4.98 Å². The summed E-state index contributed by atoms with van der Waals surface area (Å²) in [4.78, 5) is 30.1. The molecule has 1 fully saturated rings. The minimum absolute atomic E-state index is 0.0248. The van der Waals surface area contributed by atoms with Gasteiger partial charge < -0.3 is 15.5 Å². The van der Waals surface area contributed by atoms with E-state index in [9.17, 15) is 14.9 Å². The summed E-state index contributed by atoms with van der Waals surface area (Å²) in [5.74, 6) is -0.0416. The molecule has 0 aliphatic carbocycles. The van der Waals surface area contributed by atoms with Crippen LogP contribution >= 0.6 is 0 Å². The number of pyridine rings is 1. The number of nitro groups is 1. The van der Waals surface area contributed by atoms with Crippen LogP contribution in [0.2, 0.25) is 0 Å². The number of piperazine rings is 1. The Kier molecular flexibility index (Phi) is 4.28. The zero-order valence-corrected chi connectivity index (χ0v) is 13.0. The van der Waals surface area contributed by atoms with Gasteiger partial charge in [0.1, 0.15) is 0 Å². The van der Waals surface area contributed by atoms with E-state index in [1.807, 2.05) is 17.0 Å². The predicted octanol–water partition coefficient (Wildman–Crippen LogP) is 1.42. The third kappa shape index (κ3) is 3.12. The Hall–Kier alpha value is -3.16. The summed E-state index contributed by atoms with van der Waals surface area (Å²) < 4.78 is 0. The first kappa shape index (κ1) is 15.7. The lowest BCUT2D eigenvalue weighted by molar-refractivity contribution is -0.384. The second-order valence-electron chi connectivity index (χ2n) is 5.49. The second-order valence-corrected chi connectivity index (χ2v) is 5.49. The summed E-state index contributed by atoms with van der Waals surface area (Å²) in [5.41, 5.74) is 6.74. The maximum Gasteiger partial charge on any atom is 0.311 e. The number of carbonyl (C=O) groups is 1. The van der Waals surface area contributed by atoms with Crippen LogP contribution in [-0.2, 0) is 0 Å². The van der Waals surface area contributed by atoms with Gasteiger partial charge in [0.15, 0.2) is 0 Å². The van der Waals surface area contributed by atoms with Crippen molar-refractivity contribution >= 4 is 23.1 Å². The maximum atomic E-state index is 11.1. The largest absolute Gasteiger partial charge is 0.368 e. The first-order valence-electron chi connectivity index (χ1n) is 7.55. The van der Waals surface area contributed by atoms with Gasteiger partial charge in [-0.15, -0.1) is 0 Å². The first-order chi connectivity index (χ1) is 11.6. The summed E-state index contributed by atoms with van der Waals surface area (Å²) in [6, 6.07) is 10.2. The van der Waals surface area contributed by atoms with Crippen molar-refractivity contribution in [2.24, 2.45) is 5.73 Å². The monoisotopic (exact) mass is 327 g/mol. The van der Waals surface area contributed by atoms with Gasteiger partial charge in [0.2, 0.25) is 11.7 Å². The van der Waals surface area contributed by atoms with Gasteiger partial charge in [-0.1, -0.05) is 0 Å². The zero-order chi connectivity index (χ0) is 17.1. The molecular weight excluding hydrogens is 310 g/mol. The van der Waals surface area contributed by atoms with E-state index in [2.05, 4.69) is 9.88 Å². The van der Waals surface area contributed by atoms with Crippen molar-refractivity contribution in [2.75, 3.05) is 36.0 Å². The minimum atomic E-state index is -0.450. The SMILES string of the molecule is NC(=O)c1ccc(N2CCN(c3ncccc3[N+](=O)[O-])CC2)cc1. The molecule has 124 valence electrons. The number of carbonyl (C=O) groups excluding carboxylic acids is 1. The molecule has 0 atom stereocenters. The van der Waals surface area contributed by atoms with Crippen molar-refractivity contribution in [2.45, 2.75) is 0 Å². The Morgan fingerprint density at radius 2 is 1.71 bits per heavy atom. The number of nitrogens with two attached hydrogens (primary N) is 1. The molecule has 3 rings (SSSR count). The molecule has 8 heteroatoms. The topological polar surface area (TPSA) is 106 Å². The molecule has 0 radical (unpaired) electrons. The van der Waals surface area contributed by atoms with Crippen molar-refractivity contribution in [1.29, 1.82) is 0 Å². The van der Waals surface area contributed by atoms with Gasteiger partial charge in [0, 0.05) is 49.7 Å². The highest BCUT2D eigenvalue weighted by Gasteiger charge is 2.24. The molecule has 1 saturated heterocycles. The molecule has 2 N–H and O–H groups in total. The van der Waals surface area contributed by atoms with Gasteiger partial charge in [0.05, 0.1) is 4.92 Å². The first-order valence-corrected chi connectivity index (χ1v) is 7.55. The molecule has 1 aliphatic heterocycles. The number of nitrogens with zero attached hydrogens (tertiary/aromatic N) is 4. The van der Waals surface area contributed by atoms with Gasteiger partial charge >= 0.3 is 5.69 Å². The number of primary amides is 1. The lowest BCUT2D eigenvalue weighted by Crippen LogP contribution is -2.47. The van der Waals surface area contributed by atoms with Crippen LogP contribution in [0.1, 0.15) is 10.4 Å². The van der Waals surface area contributed by atoms with Crippen molar-refractivity contribution < 1.29 is 9.72 Å². The number of hydrogen-bond acceptors (Lipinski definition) is 6. The van der Waals surface area contributed by atoms with Crippen LogP contribution in [0.5, 0.6) is 0 Å². The number of amides is 1. The molecular formula is C16H17N5O3. The standard InChI is InChI=1S/C16H17N5O3/c17-15(22)12-3-5-13(6-4-12)19-8-10-20(11-9-19)16-14(21(23)24)2-1-7-18-16/h1-7H,8-11H2,(H2,17,22). The van der Waals surface area contributed by atoms with E-state index in [0.717, 1.165) is 5.69 Å². The van der Waals surface area contributed by atoms with Crippen LogP contribution < -0.4 is 15.5 Å². The molecule has 1 aromatic heterocycles. The van der Waals surface area contributed by atoms with Crippen molar-refractivity contribution in [3.05, 3.63) is 58.3 Å². The molecule has 0 spiro atoms. The summed E-state index contributed by atoms with van der Waals surface area (Å²) in [5, 5.41) is 11.1. The van der Waals surface area contributed by atoms with E-state index >= 15 is 0 Å². The van der Waals surface area contributed by atoms with E-state index in [4.69, 9.17) is 5.73 Å². The van der Waals surface area contributed by atoms with Crippen LogP contribution in [0, 0.1) is 10.1 Å². The Morgan fingerprint density at radius 3 is 2.29 bits per heavy atom. The number of anilines is 2. The van der Waals surface area contributed by atoms with Gasteiger partial charge in [-0.3, -0.25) is 14.9 Å². The highest BCUT2D eigenvalue weighted by atomic mass is 16.6. The fraction of sp³-hybridized carbons (Fsp3) is 0.250. The maximum absolute atomic E-state index is 11.1. The molecule has 2 aromatic rings. The van der Waals surface area contributed by atoms with E-state index in [1.54, 1.807) is 24.4 Å². The summed E-state index contributed by atoms with van der Waals surface area (Å²) in [6.45, 7) is 2.69. The molecule has 1 aliphatic rings. The van der Waals surface area contributed by atoms with Gasteiger partial charge in [-0.2, -0.15) is 0 Å². The minimum Gasteiger partial charge on any atom is -0.368 e. The third-order valence-corrected chi connectivity index (χ3v) is 4.06. The van der Waals surface area contributed by atoms with Crippen molar-refractivity contribution in [3.8, 4) is 0 Å². The summed E-state index contributed by atoms with van der Waals surface area (Å²) >= 11 is 0. The lowest BCUT2D eigenvalue weighted by atomic mass is 10.1. The molecule has 0 bridgehead atoms. The lowest BCUT2D eigenvalue weighted by Gasteiger charge is -2.36. The molecule has 0 unspecified atom stereocenters. The van der Waals surface area contributed by atoms with Crippen LogP contribution in [0.4, 0.5) is 17.2 Å². The highest BCUT2D eigenvalue weighted by Crippen LogP contribution is 2.26. The van der Waals surface area contributed by atoms with Gasteiger partial charge in [-0.05, 0) is 30.3 Å². The fourth-order valence-corrected chi connectivity index (χ4v) is 2.79. The Labute approximate surface area is 138 Å². The Bertz CT molecular complexity index is 755. The van der Waals surface area contributed by atoms with E-state index in [-0.39, 0.29) is 5.69 Å². The number of rotatable bonds is 4. The smallest absolute Gasteiger partial charge is 0.311 e. The van der Waals surface area contributed by atoms with E-state index < -0.39 is 10.8 Å². The molecule has 24 heavy (non-hydrogen) atoms. The van der Waals surface area contributed by atoms with Crippen LogP contribution in [0.15, 0.2) is 42.6 Å². The zero-order valence-electron chi connectivity index (χ0n) is 13.0. The van der Waals surface area contributed by atoms with E-state index in [1.165, 1.54) is 6.07 Å². The van der Waals surface area contributed by atoms with Crippen LogP contribution in [-0.4, -0.2) is 42.0 Å². The Balaban J connectivity index is 1.70. The number of benzene rings is 1. The second kappa shape index (κ2) is 6.53. The summed E-state index contributed by atoms with van der Waals surface area (Å²) in [7, 11) is 0. The number of aromatic nitrogens is 1.